The molecule has 0 aliphatic carbocycles. The number of nitrogens with one attached hydrogen (secondary N) is 1. The molecule has 3 aromatic rings. The average Bonchev–Trinajstić information content (AvgIpc) is 2.84. The summed E-state index contributed by atoms with van der Waals surface area (Å²) in [6, 6.07) is 25.6. The standard InChI is InChI=1S/C26H27NO5/c1-30-24(21-11-7-4-8-12-21)25(28)27-23(26(29)31-2)17-19-13-15-22(16-14-19)32-18-20-9-5-3-6-10-20/h3-16,23-24H,17-18H2,1-2H3,(H,27,28)/t23-,24-/m1/s1. The zero-order valence-electron chi connectivity index (χ0n) is 18.2. The Morgan fingerprint density at radius 1 is 0.812 bits per heavy atom. The van der Waals surface area contributed by atoms with E-state index in [1.165, 1.54) is 14.2 Å². The lowest BCUT2D eigenvalue weighted by Crippen LogP contribution is -2.45. The first-order chi connectivity index (χ1) is 15.6. The van der Waals surface area contributed by atoms with E-state index >= 15 is 0 Å². The smallest absolute Gasteiger partial charge is 0.328 e. The highest BCUT2D eigenvalue weighted by Gasteiger charge is 2.27. The van der Waals surface area contributed by atoms with E-state index in [-0.39, 0.29) is 6.42 Å². The van der Waals surface area contributed by atoms with Gasteiger partial charge in [0.05, 0.1) is 7.11 Å². The Labute approximate surface area is 188 Å². The third-order valence-electron chi connectivity index (χ3n) is 4.99. The largest absolute Gasteiger partial charge is 0.489 e. The van der Waals surface area contributed by atoms with E-state index in [0.717, 1.165) is 16.9 Å². The van der Waals surface area contributed by atoms with Gasteiger partial charge in [-0.05, 0) is 28.8 Å². The van der Waals surface area contributed by atoms with Crippen LogP contribution in [0.15, 0.2) is 84.9 Å². The molecule has 0 spiro atoms. The molecule has 0 aliphatic heterocycles. The highest BCUT2D eigenvalue weighted by atomic mass is 16.5. The molecule has 0 saturated carbocycles. The molecule has 0 saturated heterocycles. The van der Waals surface area contributed by atoms with Crippen LogP contribution in [-0.4, -0.2) is 32.1 Å². The summed E-state index contributed by atoms with van der Waals surface area (Å²) in [5.41, 5.74) is 2.65. The molecule has 32 heavy (non-hydrogen) atoms. The van der Waals surface area contributed by atoms with Crippen molar-refractivity contribution in [3.05, 3.63) is 102 Å². The molecule has 6 nitrogen and oxygen atoms in total. The molecule has 0 radical (unpaired) electrons. The molecule has 166 valence electrons. The molecule has 0 aliphatic rings. The second kappa shape index (κ2) is 11.7. The minimum atomic E-state index is -0.843. The third kappa shape index (κ3) is 6.43. The van der Waals surface area contributed by atoms with Crippen LogP contribution in [0.5, 0.6) is 5.75 Å². The molecule has 2 atom stereocenters. The van der Waals surface area contributed by atoms with Crippen molar-refractivity contribution in [1.29, 1.82) is 0 Å². The number of amides is 1. The Kier molecular flexibility index (Phi) is 8.40. The lowest BCUT2D eigenvalue weighted by Gasteiger charge is -2.21. The number of carbonyl (C=O) groups is 2. The normalized spacial score (nSPS) is 12.4. The molecule has 1 amide bonds. The van der Waals surface area contributed by atoms with Crippen LogP contribution in [0.3, 0.4) is 0 Å². The minimum absolute atomic E-state index is 0.280. The van der Waals surface area contributed by atoms with Crippen molar-refractivity contribution in [3.8, 4) is 5.75 Å². The molecular formula is C26H27NO5. The Bertz CT molecular complexity index is 990. The predicted octanol–water partition coefficient (Wildman–Crippen LogP) is 3.85. The third-order valence-corrected chi connectivity index (χ3v) is 4.99. The summed E-state index contributed by atoms with van der Waals surface area (Å²) in [7, 11) is 2.76. The first-order valence-corrected chi connectivity index (χ1v) is 10.3. The van der Waals surface area contributed by atoms with E-state index in [0.29, 0.717) is 12.2 Å². The number of rotatable bonds is 10. The molecule has 0 fully saturated rings. The molecule has 0 heterocycles. The van der Waals surface area contributed by atoms with Crippen LogP contribution in [-0.2, 0) is 32.1 Å². The second-order valence-electron chi connectivity index (χ2n) is 7.23. The van der Waals surface area contributed by atoms with Crippen LogP contribution in [0, 0.1) is 0 Å². The Morgan fingerprint density at radius 3 is 2.03 bits per heavy atom. The molecule has 0 aromatic heterocycles. The number of carbonyl (C=O) groups excluding carboxylic acids is 2. The number of esters is 1. The molecular weight excluding hydrogens is 406 g/mol. The molecule has 1 N–H and O–H groups in total. The Morgan fingerprint density at radius 2 is 1.44 bits per heavy atom. The summed E-state index contributed by atoms with van der Waals surface area (Å²) in [5, 5.41) is 2.76. The van der Waals surface area contributed by atoms with Gasteiger partial charge in [0.15, 0.2) is 6.10 Å². The maximum atomic E-state index is 12.8. The van der Waals surface area contributed by atoms with Crippen LogP contribution >= 0.6 is 0 Å². The van der Waals surface area contributed by atoms with Gasteiger partial charge in [0, 0.05) is 13.5 Å². The number of hydrogen-bond acceptors (Lipinski definition) is 5. The number of methoxy groups -OCH3 is 2. The van der Waals surface area contributed by atoms with E-state index in [1.807, 2.05) is 72.8 Å². The van der Waals surface area contributed by atoms with Gasteiger partial charge in [0.1, 0.15) is 18.4 Å². The monoisotopic (exact) mass is 433 g/mol. The quantitative estimate of drug-likeness (QED) is 0.492. The average molecular weight is 434 g/mol. The fourth-order valence-electron chi connectivity index (χ4n) is 3.30. The summed E-state index contributed by atoms with van der Waals surface area (Å²) in [6.45, 7) is 0.471. The zero-order valence-corrected chi connectivity index (χ0v) is 18.2. The van der Waals surface area contributed by atoms with Gasteiger partial charge in [-0.1, -0.05) is 72.8 Å². The summed E-state index contributed by atoms with van der Waals surface area (Å²) < 4.78 is 16.1. The number of hydrogen-bond donors (Lipinski definition) is 1. The molecule has 0 unspecified atom stereocenters. The Hall–Kier alpha value is -3.64. The van der Waals surface area contributed by atoms with Crippen LogP contribution in [0.25, 0.3) is 0 Å². The predicted molar refractivity (Wildman–Crippen MR) is 121 cm³/mol. The summed E-state index contributed by atoms with van der Waals surface area (Å²) in [5.74, 6) is -0.206. The van der Waals surface area contributed by atoms with Crippen molar-refractivity contribution in [2.75, 3.05) is 14.2 Å². The van der Waals surface area contributed by atoms with Gasteiger partial charge in [-0.15, -0.1) is 0 Å². The van der Waals surface area contributed by atoms with Crippen molar-refractivity contribution in [3.63, 3.8) is 0 Å². The van der Waals surface area contributed by atoms with Gasteiger partial charge >= 0.3 is 5.97 Å². The lowest BCUT2D eigenvalue weighted by atomic mass is 10.0. The summed E-state index contributed by atoms with van der Waals surface area (Å²) in [4.78, 5) is 25.1. The molecule has 3 rings (SSSR count). The van der Waals surface area contributed by atoms with E-state index in [1.54, 1.807) is 12.1 Å². The summed E-state index contributed by atoms with van der Waals surface area (Å²) in [6.07, 6.45) is -0.542. The fraction of sp³-hybridized carbons (Fsp3) is 0.231. The van der Waals surface area contributed by atoms with Crippen molar-refractivity contribution in [1.82, 2.24) is 5.32 Å². The molecule has 0 bridgehead atoms. The van der Waals surface area contributed by atoms with E-state index < -0.39 is 24.0 Å². The van der Waals surface area contributed by atoms with E-state index in [9.17, 15) is 9.59 Å². The lowest BCUT2D eigenvalue weighted by molar-refractivity contribution is -0.146. The van der Waals surface area contributed by atoms with Crippen LogP contribution in [0.4, 0.5) is 0 Å². The van der Waals surface area contributed by atoms with E-state index in [2.05, 4.69) is 5.32 Å². The van der Waals surface area contributed by atoms with Gasteiger partial charge in [0.25, 0.3) is 5.91 Å². The number of ether oxygens (including phenoxy) is 3. The van der Waals surface area contributed by atoms with Crippen LogP contribution in [0.2, 0.25) is 0 Å². The van der Waals surface area contributed by atoms with Gasteiger partial charge in [-0.3, -0.25) is 4.79 Å². The zero-order chi connectivity index (χ0) is 22.8. The van der Waals surface area contributed by atoms with Crippen LogP contribution in [0.1, 0.15) is 22.8 Å². The SMILES string of the molecule is COC(=O)[C@@H](Cc1ccc(OCc2ccccc2)cc1)NC(=O)[C@H](OC)c1ccccc1. The van der Waals surface area contributed by atoms with E-state index in [4.69, 9.17) is 14.2 Å². The van der Waals surface area contributed by atoms with Gasteiger partial charge < -0.3 is 19.5 Å². The molecule has 3 aromatic carbocycles. The van der Waals surface area contributed by atoms with Crippen molar-refractivity contribution < 1.29 is 23.8 Å². The van der Waals surface area contributed by atoms with Crippen LogP contribution < -0.4 is 10.1 Å². The maximum Gasteiger partial charge on any atom is 0.328 e. The van der Waals surface area contributed by atoms with Gasteiger partial charge in [-0.25, -0.2) is 4.79 Å². The van der Waals surface area contributed by atoms with Gasteiger partial charge in [-0.2, -0.15) is 0 Å². The topological polar surface area (TPSA) is 73.9 Å². The second-order valence-corrected chi connectivity index (χ2v) is 7.23. The first kappa shape index (κ1) is 23.0. The Balaban J connectivity index is 1.63. The summed E-state index contributed by atoms with van der Waals surface area (Å²) >= 11 is 0. The van der Waals surface area contributed by atoms with Gasteiger partial charge in [0.2, 0.25) is 0 Å². The maximum absolute atomic E-state index is 12.8. The minimum Gasteiger partial charge on any atom is -0.489 e. The molecule has 6 heteroatoms. The highest BCUT2D eigenvalue weighted by molar-refractivity contribution is 5.87. The van der Waals surface area contributed by atoms with Crippen molar-refractivity contribution >= 4 is 11.9 Å². The van der Waals surface area contributed by atoms with Crippen molar-refractivity contribution in [2.24, 2.45) is 0 Å². The number of benzene rings is 3. The van der Waals surface area contributed by atoms with Crippen molar-refractivity contribution in [2.45, 2.75) is 25.2 Å². The highest BCUT2D eigenvalue weighted by Crippen LogP contribution is 2.18. The first-order valence-electron chi connectivity index (χ1n) is 10.3. The fourth-order valence-corrected chi connectivity index (χ4v) is 3.30.